The van der Waals surface area contributed by atoms with Gasteiger partial charge in [0.25, 0.3) is 0 Å². The van der Waals surface area contributed by atoms with Crippen LogP contribution in [0.15, 0.2) is 54.6 Å². The molecule has 0 amide bonds. The minimum Gasteiger partial charge on any atom is -0.427 e. The number of likely N-dealkylation sites (N-methyl/N-ethyl adjacent to an activating group) is 1. The van der Waals surface area contributed by atoms with Gasteiger partial charge in [0, 0.05) is 48.6 Å². The summed E-state index contributed by atoms with van der Waals surface area (Å²) in [6.45, 7) is 7.40. The maximum atomic E-state index is 11.7. The molecule has 0 radical (unpaired) electrons. The Bertz CT molecular complexity index is 1170. The summed E-state index contributed by atoms with van der Waals surface area (Å²) < 4.78 is 5.47. The van der Waals surface area contributed by atoms with Crippen LogP contribution in [0.3, 0.4) is 0 Å². The predicted octanol–water partition coefficient (Wildman–Crippen LogP) is 5.29. The zero-order valence-electron chi connectivity index (χ0n) is 18.1. The fourth-order valence-electron chi connectivity index (χ4n) is 5.45. The quantitative estimate of drug-likeness (QED) is 0.469. The Morgan fingerprint density at radius 1 is 1.13 bits per heavy atom. The van der Waals surface area contributed by atoms with Crippen molar-refractivity contribution in [3.63, 3.8) is 0 Å². The Balaban J connectivity index is 1.59. The highest BCUT2D eigenvalue weighted by atomic mass is 16.5. The normalized spacial score (nSPS) is 21.3. The summed E-state index contributed by atoms with van der Waals surface area (Å²) in [5.74, 6) is 0.397. The van der Waals surface area contributed by atoms with Crippen molar-refractivity contribution in [2.24, 2.45) is 0 Å². The second-order valence-electron chi connectivity index (χ2n) is 9.07. The number of nitrogens with one attached hydrogen (secondary N) is 1. The number of anilines is 2. The lowest BCUT2D eigenvalue weighted by molar-refractivity contribution is -0.134. The second kappa shape index (κ2) is 6.49. The Labute approximate surface area is 177 Å². The highest BCUT2D eigenvalue weighted by Gasteiger charge is 2.56. The molecule has 30 heavy (non-hydrogen) atoms. The summed E-state index contributed by atoms with van der Waals surface area (Å²) in [6, 6.07) is 19.1. The average molecular weight is 401 g/mol. The first-order valence-corrected chi connectivity index (χ1v) is 10.7. The van der Waals surface area contributed by atoms with Gasteiger partial charge < -0.3 is 15.0 Å². The average Bonchev–Trinajstić information content (AvgIpc) is 2.92. The highest BCUT2D eigenvalue weighted by Crippen LogP contribution is 2.54. The van der Waals surface area contributed by atoms with Gasteiger partial charge >= 0.3 is 5.97 Å². The number of esters is 1. The van der Waals surface area contributed by atoms with Gasteiger partial charge in [-0.2, -0.15) is 0 Å². The molecule has 4 nitrogen and oxygen atoms in total. The number of ether oxygens (including phenoxy) is 1. The Hall–Kier alpha value is -3.01. The molecular weight excluding hydrogens is 372 g/mol. The summed E-state index contributed by atoms with van der Waals surface area (Å²) in [5, 5.41) is 6.03. The van der Waals surface area contributed by atoms with Gasteiger partial charge in [-0.15, -0.1) is 0 Å². The molecule has 0 aromatic heterocycles. The van der Waals surface area contributed by atoms with E-state index < -0.39 is 0 Å². The van der Waals surface area contributed by atoms with Gasteiger partial charge in [-0.1, -0.05) is 57.2 Å². The molecule has 2 heterocycles. The molecule has 0 saturated carbocycles. The van der Waals surface area contributed by atoms with Crippen LogP contribution in [0.4, 0.5) is 11.4 Å². The molecule has 0 saturated heterocycles. The molecule has 3 aromatic rings. The summed E-state index contributed by atoms with van der Waals surface area (Å²) in [4.78, 5) is 14.2. The van der Waals surface area contributed by atoms with Crippen molar-refractivity contribution in [2.75, 3.05) is 23.8 Å². The maximum Gasteiger partial charge on any atom is 0.310 e. The molecule has 2 aliphatic heterocycles. The number of rotatable bonds is 2. The van der Waals surface area contributed by atoms with Crippen molar-refractivity contribution in [3.8, 4) is 5.75 Å². The first kappa shape index (κ1) is 19.0. The first-order valence-electron chi connectivity index (χ1n) is 10.7. The number of hydrogen-bond donors (Lipinski definition) is 1. The van der Waals surface area contributed by atoms with Crippen molar-refractivity contribution >= 4 is 28.1 Å². The summed E-state index contributed by atoms with van der Waals surface area (Å²) in [7, 11) is 2.23. The Morgan fingerprint density at radius 2 is 1.90 bits per heavy atom. The van der Waals surface area contributed by atoms with Gasteiger partial charge in [0.05, 0.1) is 5.54 Å². The molecule has 3 aromatic carbocycles. The zero-order valence-corrected chi connectivity index (χ0v) is 18.1. The van der Waals surface area contributed by atoms with Gasteiger partial charge in [-0.3, -0.25) is 4.79 Å². The molecular formula is C26H28N2O2. The monoisotopic (exact) mass is 400 g/mol. The SMILES string of the molecule is CCC(=O)Oc1ccc2ccc3c(c2c1)NCC1(C3)N(C)c2ccccc2C1(C)C. The second-order valence-corrected chi connectivity index (χ2v) is 9.07. The standard InChI is InChI=1S/C26H28N2O2/c1-5-23(29)30-19-13-12-17-10-11-18-15-26(16-27-24(18)20(17)14-19)25(2,3)21-8-6-7-9-22(21)28(26)4/h6-14,27H,5,15-16H2,1-4H3. The summed E-state index contributed by atoms with van der Waals surface area (Å²) in [6.07, 6.45) is 1.33. The number of carbonyl (C=O) groups excluding carboxylic acids is 1. The molecule has 0 fully saturated rings. The van der Waals surface area contributed by atoms with Crippen LogP contribution in [0.25, 0.3) is 10.8 Å². The lowest BCUT2D eigenvalue weighted by atomic mass is 9.66. The van der Waals surface area contributed by atoms with E-state index in [0.29, 0.717) is 12.2 Å². The van der Waals surface area contributed by atoms with Crippen LogP contribution < -0.4 is 15.0 Å². The van der Waals surface area contributed by atoms with E-state index in [4.69, 9.17) is 4.74 Å². The molecule has 0 bridgehead atoms. The number of hydrogen-bond acceptors (Lipinski definition) is 4. The van der Waals surface area contributed by atoms with Crippen LogP contribution in [-0.2, 0) is 16.6 Å². The lowest BCUT2D eigenvalue weighted by Gasteiger charge is -2.50. The largest absolute Gasteiger partial charge is 0.427 e. The topological polar surface area (TPSA) is 41.6 Å². The van der Waals surface area contributed by atoms with E-state index in [2.05, 4.69) is 67.5 Å². The summed E-state index contributed by atoms with van der Waals surface area (Å²) >= 11 is 0. The van der Waals surface area contributed by atoms with Gasteiger partial charge in [0.1, 0.15) is 5.75 Å². The smallest absolute Gasteiger partial charge is 0.310 e. The Morgan fingerprint density at radius 3 is 2.67 bits per heavy atom. The molecule has 2 aliphatic rings. The van der Waals surface area contributed by atoms with E-state index in [1.165, 1.54) is 16.8 Å². The molecule has 1 atom stereocenters. The Kier molecular flexibility index (Phi) is 4.11. The minimum absolute atomic E-state index is 0.0104. The molecule has 1 unspecified atom stereocenters. The minimum atomic E-state index is -0.210. The number of fused-ring (bicyclic) bond motifs is 4. The van der Waals surface area contributed by atoms with E-state index in [1.54, 1.807) is 0 Å². The third kappa shape index (κ3) is 2.49. The molecule has 154 valence electrons. The lowest BCUT2D eigenvalue weighted by Crippen LogP contribution is -2.61. The predicted molar refractivity (Wildman–Crippen MR) is 123 cm³/mol. The maximum absolute atomic E-state index is 11.7. The van der Waals surface area contributed by atoms with Crippen LogP contribution in [0.2, 0.25) is 0 Å². The van der Waals surface area contributed by atoms with Gasteiger partial charge in [0.15, 0.2) is 0 Å². The van der Waals surface area contributed by atoms with Crippen LogP contribution >= 0.6 is 0 Å². The van der Waals surface area contributed by atoms with Crippen molar-refractivity contribution in [2.45, 2.75) is 44.6 Å². The third-order valence-electron chi connectivity index (χ3n) is 7.38. The molecule has 1 spiro atoms. The van der Waals surface area contributed by atoms with E-state index in [-0.39, 0.29) is 16.9 Å². The molecule has 4 heteroatoms. The molecule has 5 rings (SSSR count). The van der Waals surface area contributed by atoms with Crippen LogP contribution in [-0.4, -0.2) is 25.1 Å². The third-order valence-corrected chi connectivity index (χ3v) is 7.38. The van der Waals surface area contributed by atoms with Crippen LogP contribution in [0.5, 0.6) is 5.75 Å². The number of carbonyl (C=O) groups is 1. The van der Waals surface area contributed by atoms with Gasteiger partial charge in [-0.05, 0) is 34.7 Å². The van der Waals surface area contributed by atoms with E-state index >= 15 is 0 Å². The van der Waals surface area contributed by atoms with Crippen molar-refractivity contribution in [3.05, 3.63) is 65.7 Å². The summed E-state index contributed by atoms with van der Waals surface area (Å²) in [5.41, 5.74) is 5.17. The molecule has 1 N–H and O–H groups in total. The number of para-hydroxylation sites is 1. The van der Waals surface area contributed by atoms with Gasteiger partial charge in [0.2, 0.25) is 0 Å². The van der Waals surface area contributed by atoms with Crippen LogP contribution in [0.1, 0.15) is 38.3 Å². The number of benzene rings is 3. The van der Waals surface area contributed by atoms with Crippen molar-refractivity contribution < 1.29 is 9.53 Å². The number of nitrogens with zero attached hydrogens (tertiary/aromatic N) is 1. The van der Waals surface area contributed by atoms with Crippen LogP contribution in [0, 0.1) is 0 Å². The fraction of sp³-hybridized carbons (Fsp3) is 0.346. The highest BCUT2D eigenvalue weighted by molar-refractivity contribution is 5.97. The van der Waals surface area contributed by atoms with Gasteiger partial charge in [-0.25, -0.2) is 0 Å². The first-order chi connectivity index (χ1) is 14.4. The fourth-order valence-corrected chi connectivity index (χ4v) is 5.45. The van der Waals surface area contributed by atoms with Crippen molar-refractivity contribution in [1.82, 2.24) is 0 Å². The van der Waals surface area contributed by atoms with E-state index in [9.17, 15) is 4.79 Å². The van der Waals surface area contributed by atoms with Crippen molar-refractivity contribution in [1.29, 1.82) is 0 Å². The van der Waals surface area contributed by atoms with E-state index in [0.717, 1.165) is 29.4 Å². The molecule has 0 aliphatic carbocycles. The van der Waals surface area contributed by atoms with E-state index in [1.807, 2.05) is 25.1 Å². The zero-order chi connectivity index (χ0) is 21.1.